The van der Waals surface area contributed by atoms with Crippen LogP contribution in [0.1, 0.15) is 47.0 Å². The van der Waals surface area contributed by atoms with Crippen molar-refractivity contribution in [2.45, 2.75) is 65.1 Å². The number of amides is 2. The van der Waals surface area contributed by atoms with Crippen molar-refractivity contribution >= 4 is 11.8 Å². The van der Waals surface area contributed by atoms with Gasteiger partial charge in [-0.05, 0) is 38.0 Å². The minimum absolute atomic E-state index is 0.0294. The van der Waals surface area contributed by atoms with E-state index in [0.29, 0.717) is 5.92 Å². The zero-order chi connectivity index (χ0) is 13.4. The number of rotatable bonds is 4. The maximum atomic E-state index is 12.6. The zero-order valence-electron chi connectivity index (χ0n) is 11.8. The maximum absolute atomic E-state index is 12.6. The topological polar surface area (TPSA) is 49.4 Å². The van der Waals surface area contributed by atoms with E-state index >= 15 is 0 Å². The number of hydrogen-bond acceptors (Lipinski definition) is 2. The van der Waals surface area contributed by atoms with Gasteiger partial charge in [0.2, 0.25) is 11.8 Å². The van der Waals surface area contributed by atoms with Gasteiger partial charge in [0.05, 0.1) is 0 Å². The fraction of sp³-hybridized carbons (Fsp3) is 0.857. The predicted octanol–water partition coefficient (Wildman–Crippen LogP) is 1.55. The molecule has 0 aromatic carbocycles. The van der Waals surface area contributed by atoms with E-state index in [0.717, 1.165) is 19.3 Å². The van der Waals surface area contributed by atoms with Gasteiger partial charge in [-0.1, -0.05) is 20.8 Å². The van der Waals surface area contributed by atoms with Gasteiger partial charge < -0.3 is 10.2 Å². The summed E-state index contributed by atoms with van der Waals surface area (Å²) in [6.45, 7) is 8.11. The second kappa shape index (κ2) is 4.90. The fourth-order valence-electron chi connectivity index (χ4n) is 2.79. The summed E-state index contributed by atoms with van der Waals surface area (Å²) in [5.74, 6) is 0.691. The van der Waals surface area contributed by atoms with E-state index in [1.165, 1.54) is 0 Å². The van der Waals surface area contributed by atoms with Crippen molar-refractivity contribution in [2.24, 2.45) is 11.8 Å². The highest BCUT2D eigenvalue weighted by Crippen LogP contribution is 2.36. The lowest BCUT2D eigenvalue weighted by atomic mass is 9.93. The summed E-state index contributed by atoms with van der Waals surface area (Å²) in [5, 5.41) is 2.94. The molecule has 1 saturated heterocycles. The average molecular weight is 252 g/mol. The number of piperazine rings is 1. The largest absolute Gasteiger partial charge is 0.342 e. The van der Waals surface area contributed by atoms with Gasteiger partial charge in [0, 0.05) is 6.04 Å². The molecular weight excluding hydrogens is 228 g/mol. The first-order chi connectivity index (χ1) is 8.47. The van der Waals surface area contributed by atoms with E-state index in [1.54, 1.807) is 0 Å². The Labute approximate surface area is 109 Å². The molecule has 102 valence electrons. The molecule has 3 unspecified atom stereocenters. The van der Waals surface area contributed by atoms with Crippen LogP contribution in [0.4, 0.5) is 0 Å². The number of carbonyl (C=O) groups is 2. The molecule has 0 bridgehead atoms. The molecule has 2 aliphatic rings. The van der Waals surface area contributed by atoms with E-state index in [2.05, 4.69) is 12.2 Å². The van der Waals surface area contributed by atoms with Gasteiger partial charge in [-0.2, -0.15) is 0 Å². The third kappa shape index (κ3) is 2.25. The monoisotopic (exact) mass is 252 g/mol. The molecule has 2 amide bonds. The Balaban J connectivity index is 2.26. The normalized spacial score (nSPS) is 30.6. The molecule has 0 aromatic rings. The summed E-state index contributed by atoms with van der Waals surface area (Å²) in [6.07, 6.45) is 3.02. The highest BCUT2D eigenvalue weighted by molar-refractivity contribution is 5.97. The Bertz CT molecular complexity index is 350. The zero-order valence-corrected chi connectivity index (χ0v) is 11.8. The molecule has 18 heavy (non-hydrogen) atoms. The highest BCUT2D eigenvalue weighted by Gasteiger charge is 2.48. The van der Waals surface area contributed by atoms with Gasteiger partial charge in [0.1, 0.15) is 12.1 Å². The first-order valence-corrected chi connectivity index (χ1v) is 7.09. The molecule has 1 aliphatic carbocycles. The molecule has 1 heterocycles. The predicted molar refractivity (Wildman–Crippen MR) is 69.9 cm³/mol. The number of nitrogens with zero attached hydrogens (tertiary/aromatic N) is 1. The minimum atomic E-state index is -0.303. The molecule has 0 aromatic heterocycles. The summed E-state index contributed by atoms with van der Waals surface area (Å²) in [5.41, 5.74) is 0. The van der Waals surface area contributed by atoms with Crippen LogP contribution in [0.5, 0.6) is 0 Å². The Morgan fingerprint density at radius 3 is 2.33 bits per heavy atom. The molecule has 1 saturated carbocycles. The van der Waals surface area contributed by atoms with Gasteiger partial charge >= 0.3 is 0 Å². The van der Waals surface area contributed by atoms with E-state index in [-0.39, 0.29) is 35.9 Å². The molecule has 4 heteroatoms. The Morgan fingerprint density at radius 2 is 1.89 bits per heavy atom. The van der Waals surface area contributed by atoms with Crippen molar-refractivity contribution in [3.63, 3.8) is 0 Å². The van der Waals surface area contributed by atoms with Crippen LogP contribution >= 0.6 is 0 Å². The lowest BCUT2D eigenvalue weighted by molar-refractivity contribution is -0.154. The molecule has 2 rings (SSSR count). The van der Waals surface area contributed by atoms with E-state index in [4.69, 9.17) is 0 Å². The van der Waals surface area contributed by atoms with Crippen LogP contribution in [0.2, 0.25) is 0 Å². The average Bonchev–Trinajstić information content (AvgIpc) is 3.13. The molecule has 2 fully saturated rings. The fourth-order valence-corrected chi connectivity index (χ4v) is 2.79. The van der Waals surface area contributed by atoms with Crippen LogP contribution < -0.4 is 5.32 Å². The molecule has 3 atom stereocenters. The van der Waals surface area contributed by atoms with Crippen molar-refractivity contribution in [3.05, 3.63) is 0 Å². The van der Waals surface area contributed by atoms with Crippen LogP contribution in [0.3, 0.4) is 0 Å². The first-order valence-electron chi connectivity index (χ1n) is 7.09. The van der Waals surface area contributed by atoms with Gasteiger partial charge in [-0.3, -0.25) is 9.59 Å². The van der Waals surface area contributed by atoms with Gasteiger partial charge in [-0.15, -0.1) is 0 Å². The Kier molecular flexibility index (Phi) is 3.64. The lowest BCUT2D eigenvalue weighted by Gasteiger charge is -2.44. The van der Waals surface area contributed by atoms with Gasteiger partial charge in [0.25, 0.3) is 0 Å². The van der Waals surface area contributed by atoms with E-state index < -0.39 is 0 Å². The summed E-state index contributed by atoms with van der Waals surface area (Å²) in [6, 6.07) is -0.429. The van der Waals surface area contributed by atoms with Crippen molar-refractivity contribution in [3.8, 4) is 0 Å². The Hall–Kier alpha value is -1.06. The van der Waals surface area contributed by atoms with Crippen molar-refractivity contribution < 1.29 is 9.59 Å². The molecular formula is C14H24N2O2. The van der Waals surface area contributed by atoms with Crippen LogP contribution in [0.25, 0.3) is 0 Å². The molecule has 4 nitrogen and oxygen atoms in total. The SMILES string of the molecule is CCC(C)N1C(=O)C(C2CC2)NC(=O)C1C(C)C. The number of nitrogens with one attached hydrogen (secondary N) is 1. The van der Waals surface area contributed by atoms with E-state index in [9.17, 15) is 9.59 Å². The van der Waals surface area contributed by atoms with E-state index in [1.807, 2.05) is 25.7 Å². The van der Waals surface area contributed by atoms with Crippen molar-refractivity contribution in [2.75, 3.05) is 0 Å². The second-order valence-electron chi connectivity index (χ2n) is 6.02. The molecule has 0 spiro atoms. The highest BCUT2D eigenvalue weighted by atomic mass is 16.2. The standard InChI is InChI=1S/C14H24N2O2/c1-5-9(4)16-12(8(2)3)13(17)15-11(14(16)18)10-6-7-10/h8-12H,5-7H2,1-4H3,(H,15,17). The van der Waals surface area contributed by atoms with Crippen molar-refractivity contribution in [1.29, 1.82) is 0 Å². The Morgan fingerprint density at radius 1 is 1.28 bits per heavy atom. The van der Waals surface area contributed by atoms with Crippen LogP contribution in [-0.4, -0.2) is 34.8 Å². The van der Waals surface area contributed by atoms with Gasteiger partial charge in [0.15, 0.2) is 0 Å². The summed E-state index contributed by atoms with van der Waals surface area (Å²) in [4.78, 5) is 26.7. The van der Waals surface area contributed by atoms with Crippen molar-refractivity contribution in [1.82, 2.24) is 10.2 Å². The third-order valence-electron chi connectivity index (χ3n) is 4.18. The molecule has 1 N–H and O–H groups in total. The van der Waals surface area contributed by atoms with Gasteiger partial charge in [-0.25, -0.2) is 0 Å². The quantitative estimate of drug-likeness (QED) is 0.825. The van der Waals surface area contributed by atoms with Crippen LogP contribution in [0, 0.1) is 11.8 Å². The lowest BCUT2D eigenvalue weighted by Crippen LogP contribution is -2.67. The minimum Gasteiger partial charge on any atom is -0.342 e. The summed E-state index contributed by atoms with van der Waals surface area (Å²) < 4.78 is 0. The first kappa shape index (κ1) is 13.4. The third-order valence-corrected chi connectivity index (χ3v) is 4.18. The summed E-state index contributed by atoms with van der Waals surface area (Å²) in [7, 11) is 0. The smallest absolute Gasteiger partial charge is 0.246 e. The van der Waals surface area contributed by atoms with Crippen LogP contribution in [-0.2, 0) is 9.59 Å². The number of carbonyl (C=O) groups excluding carboxylic acids is 2. The molecule has 1 aliphatic heterocycles. The second-order valence-corrected chi connectivity index (χ2v) is 6.02. The maximum Gasteiger partial charge on any atom is 0.246 e. The number of hydrogen-bond donors (Lipinski definition) is 1. The summed E-state index contributed by atoms with van der Waals surface area (Å²) >= 11 is 0. The van der Waals surface area contributed by atoms with Crippen LogP contribution in [0.15, 0.2) is 0 Å². The molecule has 0 radical (unpaired) electrons.